The monoisotopic (exact) mass is 319 g/mol. The Hall–Kier alpha value is -2.83. The van der Waals surface area contributed by atoms with Gasteiger partial charge in [-0.15, -0.1) is 0 Å². The van der Waals surface area contributed by atoms with Crippen LogP contribution in [0.1, 0.15) is 21.6 Å². The van der Waals surface area contributed by atoms with Crippen molar-refractivity contribution in [3.05, 3.63) is 65.6 Å². The van der Waals surface area contributed by atoms with Crippen molar-refractivity contribution in [1.82, 2.24) is 9.38 Å². The van der Waals surface area contributed by atoms with E-state index in [1.165, 1.54) is 12.1 Å². The van der Waals surface area contributed by atoms with Gasteiger partial charge < -0.3 is 9.72 Å². The first-order chi connectivity index (χ1) is 10.8. The van der Waals surface area contributed by atoms with Gasteiger partial charge in [-0.25, -0.2) is 4.98 Å². The lowest BCUT2D eigenvalue weighted by Gasteiger charge is -2.09. The SMILES string of the molecule is Cc1cn2ccc(C(=O)Nc3ccc(C(F)(F)F)cc3)cc2n1. The van der Waals surface area contributed by atoms with E-state index in [2.05, 4.69) is 10.3 Å². The van der Waals surface area contributed by atoms with Crippen LogP contribution in [0.2, 0.25) is 0 Å². The van der Waals surface area contributed by atoms with Crippen LogP contribution in [0.15, 0.2) is 48.8 Å². The summed E-state index contributed by atoms with van der Waals surface area (Å²) in [7, 11) is 0. The van der Waals surface area contributed by atoms with Crippen molar-refractivity contribution in [1.29, 1.82) is 0 Å². The molecule has 0 aliphatic rings. The third kappa shape index (κ3) is 3.18. The number of aromatic nitrogens is 2. The molecule has 2 heterocycles. The van der Waals surface area contributed by atoms with Crippen LogP contribution in [0.5, 0.6) is 0 Å². The van der Waals surface area contributed by atoms with Gasteiger partial charge in [-0.1, -0.05) is 0 Å². The Bertz CT molecular complexity index is 866. The predicted octanol–water partition coefficient (Wildman–Crippen LogP) is 3.91. The molecule has 0 saturated carbocycles. The summed E-state index contributed by atoms with van der Waals surface area (Å²) in [5.41, 5.74) is 1.36. The van der Waals surface area contributed by atoms with Crippen LogP contribution in [0.4, 0.5) is 18.9 Å². The molecule has 7 heteroatoms. The highest BCUT2D eigenvalue weighted by Crippen LogP contribution is 2.29. The largest absolute Gasteiger partial charge is 0.416 e. The van der Waals surface area contributed by atoms with Crippen LogP contribution in [-0.4, -0.2) is 15.3 Å². The van der Waals surface area contributed by atoms with Crippen LogP contribution >= 0.6 is 0 Å². The molecule has 4 nitrogen and oxygen atoms in total. The Morgan fingerprint density at radius 2 is 1.87 bits per heavy atom. The highest BCUT2D eigenvalue weighted by molar-refractivity contribution is 6.04. The summed E-state index contributed by atoms with van der Waals surface area (Å²) in [6.07, 6.45) is -0.865. The van der Waals surface area contributed by atoms with Gasteiger partial charge in [0.2, 0.25) is 0 Å². The maximum absolute atomic E-state index is 12.5. The van der Waals surface area contributed by atoms with Gasteiger partial charge in [-0.2, -0.15) is 13.2 Å². The summed E-state index contributed by atoms with van der Waals surface area (Å²) in [6.45, 7) is 1.84. The molecule has 0 bridgehead atoms. The average Bonchev–Trinajstić information content (AvgIpc) is 2.85. The summed E-state index contributed by atoms with van der Waals surface area (Å²) in [4.78, 5) is 16.4. The second-order valence-electron chi connectivity index (χ2n) is 5.09. The van der Waals surface area contributed by atoms with E-state index in [-0.39, 0.29) is 0 Å². The fourth-order valence-electron chi connectivity index (χ4n) is 2.20. The standard InChI is InChI=1S/C16H12F3N3O/c1-10-9-22-7-6-11(8-14(22)20-10)15(23)21-13-4-2-12(3-5-13)16(17,18)19/h2-9H,1H3,(H,21,23). The molecule has 0 aliphatic heterocycles. The van der Waals surface area contributed by atoms with Gasteiger partial charge in [0, 0.05) is 23.6 Å². The summed E-state index contributed by atoms with van der Waals surface area (Å²) >= 11 is 0. The molecular formula is C16H12F3N3O. The minimum Gasteiger partial charge on any atom is -0.322 e. The predicted molar refractivity (Wildman–Crippen MR) is 79.3 cm³/mol. The number of rotatable bonds is 2. The van der Waals surface area contributed by atoms with Crippen molar-refractivity contribution in [2.75, 3.05) is 5.32 Å². The van der Waals surface area contributed by atoms with Gasteiger partial charge in [0.15, 0.2) is 0 Å². The van der Waals surface area contributed by atoms with Crippen LogP contribution in [-0.2, 0) is 6.18 Å². The van der Waals surface area contributed by atoms with E-state index in [0.29, 0.717) is 16.9 Å². The number of imidazole rings is 1. The van der Waals surface area contributed by atoms with Gasteiger partial charge >= 0.3 is 6.18 Å². The minimum atomic E-state index is -4.40. The number of anilines is 1. The van der Waals surface area contributed by atoms with Gasteiger partial charge in [0.1, 0.15) is 5.65 Å². The van der Waals surface area contributed by atoms with E-state index in [1.54, 1.807) is 22.7 Å². The summed E-state index contributed by atoms with van der Waals surface area (Å²) < 4.78 is 39.3. The van der Waals surface area contributed by atoms with Crippen molar-refractivity contribution in [2.45, 2.75) is 13.1 Å². The second-order valence-corrected chi connectivity index (χ2v) is 5.09. The van der Waals surface area contributed by atoms with E-state index in [0.717, 1.165) is 17.8 Å². The summed E-state index contributed by atoms with van der Waals surface area (Å²) in [5.74, 6) is -0.409. The van der Waals surface area contributed by atoms with Crippen LogP contribution in [0.25, 0.3) is 5.65 Å². The Balaban J connectivity index is 1.79. The molecule has 0 unspecified atom stereocenters. The zero-order chi connectivity index (χ0) is 16.6. The number of pyridine rings is 1. The summed E-state index contributed by atoms with van der Waals surface area (Å²) in [6, 6.07) is 7.53. The molecule has 23 heavy (non-hydrogen) atoms. The summed E-state index contributed by atoms with van der Waals surface area (Å²) in [5, 5.41) is 2.57. The molecule has 3 aromatic rings. The number of nitrogens with one attached hydrogen (secondary N) is 1. The van der Waals surface area contributed by atoms with E-state index in [4.69, 9.17) is 0 Å². The van der Waals surface area contributed by atoms with Crippen LogP contribution in [0, 0.1) is 6.92 Å². The molecule has 0 spiro atoms. The minimum absolute atomic E-state index is 0.294. The van der Waals surface area contributed by atoms with Crippen LogP contribution < -0.4 is 5.32 Å². The molecule has 0 radical (unpaired) electrons. The average molecular weight is 319 g/mol. The lowest BCUT2D eigenvalue weighted by Crippen LogP contribution is -2.12. The molecule has 1 N–H and O–H groups in total. The van der Waals surface area contributed by atoms with E-state index >= 15 is 0 Å². The third-order valence-electron chi connectivity index (χ3n) is 3.31. The normalized spacial score (nSPS) is 11.7. The smallest absolute Gasteiger partial charge is 0.322 e. The first kappa shape index (κ1) is 15.1. The van der Waals surface area contributed by atoms with Gasteiger partial charge in [0.25, 0.3) is 5.91 Å². The molecule has 0 atom stereocenters. The molecule has 1 amide bonds. The maximum atomic E-state index is 12.5. The Kier molecular flexibility index (Phi) is 3.55. The first-order valence-corrected chi connectivity index (χ1v) is 6.77. The number of carbonyl (C=O) groups is 1. The van der Waals surface area contributed by atoms with Gasteiger partial charge in [-0.3, -0.25) is 4.79 Å². The molecule has 3 rings (SSSR count). The van der Waals surface area contributed by atoms with Gasteiger partial charge in [-0.05, 0) is 43.3 Å². The molecule has 0 fully saturated rings. The number of alkyl halides is 3. The van der Waals surface area contributed by atoms with Crippen molar-refractivity contribution in [2.24, 2.45) is 0 Å². The highest BCUT2D eigenvalue weighted by Gasteiger charge is 2.29. The number of benzene rings is 1. The maximum Gasteiger partial charge on any atom is 0.416 e. The van der Waals surface area contributed by atoms with E-state index in [1.807, 2.05) is 13.1 Å². The number of fused-ring (bicyclic) bond motifs is 1. The molecule has 118 valence electrons. The fraction of sp³-hybridized carbons (Fsp3) is 0.125. The number of carbonyl (C=O) groups excluding carboxylic acids is 1. The molecule has 0 aliphatic carbocycles. The molecule has 0 saturated heterocycles. The Morgan fingerprint density at radius 3 is 2.52 bits per heavy atom. The topological polar surface area (TPSA) is 46.4 Å². The zero-order valence-electron chi connectivity index (χ0n) is 12.1. The first-order valence-electron chi connectivity index (χ1n) is 6.77. The fourth-order valence-corrected chi connectivity index (χ4v) is 2.20. The van der Waals surface area contributed by atoms with Crippen LogP contribution in [0.3, 0.4) is 0 Å². The van der Waals surface area contributed by atoms with Crippen molar-refractivity contribution < 1.29 is 18.0 Å². The molecule has 1 aromatic carbocycles. The lowest BCUT2D eigenvalue weighted by molar-refractivity contribution is -0.137. The zero-order valence-corrected chi connectivity index (χ0v) is 12.1. The highest BCUT2D eigenvalue weighted by atomic mass is 19.4. The molecule has 2 aromatic heterocycles. The number of hydrogen-bond acceptors (Lipinski definition) is 2. The number of amides is 1. The molecular weight excluding hydrogens is 307 g/mol. The Morgan fingerprint density at radius 1 is 1.17 bits per heavy atom. The van der Waals surface area contributed by atoms with E-state index in [9.17, 15) is 18.0 Å². The number of nitrogens with zero attached hydrogens (tertiary/aromatic N) is 2. The van der Waals surface area contributed by atoms with Crippen molar-refractivity contribution in [3.8, 4) is 0 Å². The lowest BCUT2D eigenvalue weighted by atomic mass is 10.2. The Labute approximate surface area is 129 Å². The van der Waals surface area contributed by atoms with E-state index < -0.39 is 17.6 Å². The quantitative estimate of drug-likeness (QED) is 0.778. The second kappa shape index (κ2) is 5.42. The van der Waals surface area contributed by atoms with Crippen molar-refractivity contribution in [3.63, 3.8) is 0 Å². The number of halogens is 3. The number of aryl methyl sites for hydroxylation is 1. The number of hydrogen-bond donors (Lipinski definition) is 1. The third-order valence-corrected chi connectivity index (χ3v) is 3.31. The van der Waals surface area contributed by atoms with Crippen molar-refractivity contribution >= 4 is 17.2 Å². The van der Waals surface area contributed by atoms with Gasteiger partial charge in [0.05, 0.1) is 11.3 Å².